The van der Waals surface area contributed by atoms with Gasteiger partial charge in [-0.05, 0) is 24.6 Å². The number of nitrogens with zero attached hydrogens (tertiary/aromatic N) is 2. The van der Waals surface area contributed by atoms with Gasteiger partial charge in [0.1, 0.15) is 17.8 Å². The Hall–Kier alpha value is -2.21. The Bertz CT molecular complexity index is 534. The van der Waals surface area contributed by atoms with Crippen molar-refractivity contribution in [1.29, 1.82) is 0 Å². The number of aromatic nitrogens is 2. The lowest BCUT2D eigenvalue weighted by atomic mass is 10.2. The topological polar surface area (TPSA) is 85.3 Å². The summed E-state index contributed by atoms with van der Waals surface area (Å²) in [5, 5.41) is 16.4. The zero-order valence-electron chi connectivity index (χ0n) is 11.0. The number of nitrogen functional groups attached to an aromatic ring is 1. The summed E-state index contributed by atoms with van der Waals surface area (Å²) in [6, 6.07) is 7.71. The molecule has 0 radical (unpaired) electrons. The predicted molar refractivity (Wildman–Crippen MR) is 74.0 cm³/mol. The van der Waals surface area contributed by atoms with E-state index in [-0.39, 0.29) is 0 Å². The van der Waals surface area contributed by atoms with Crippen LogP contribution in [0.5, 0.6) is 5.75 Å². The highest BCUT2D eigenvalue weighted by atomic mass is 16.5. The zero-order chi connectivity index (χ0) is 13.8. The molecule has 0 aliphatic heterocycles. The van der Waals surface area contributed by atoms with Gasteiger partial charge in [0.2, 0.25) is 0 Å². The maximum Gasteiger partial charge on any atom is 0.150 e. The lowest BCUT2D eigenvalue weighted by Gasteiger charge is -2.13. The lowest BCUT2D eigenvalue weighted by molar-refractivity contribution is 0.223. The van der Waals surface area contributed by atoms with Gasteiger partial charge in [-0.1, -0.05) is 12.1 Å². The number of methoxy groups -OCH3 is 1. The van der Waals surface area contributed by atoms with E-state index >= 15 is 0 Å². The van der Waals surface area contributed by atoms with Crippen molar-refractivity contribution in [2.75, 3.05) is 18.2 Å². The van der Waals surface area contributed by atoms with Gasteiger partial charge in [0.05, 0.1) is 25.5 Å². The molecule has 0 saturated heterocycles. The number of rotatable bonds is 5. The molecule has 102 valence electrons. The molecule has 0 fully saturated rings. The summed E-state index contributed by atoms with van der Waals surface area (Å²) in [6.07, 6.45) is 0.877. The van der Waals surface area contributed by atoms with Gasteiger partial charge in [0.15, 0.2) is 0 Å². The first-order chi connectivity index (χ1) is 9.10. The number of aliphatic hydroxyl groups excluding tert-OH is 1. The van der Waals surface area contributed by atoms with Gasteiger partial charge in [0, 0.05) is 0 Å². The third-order valence-corrected chi connectivity index (χ3v) is 2.70. The van der Waals surface area contributed by atoms with Crippen molar-refractivity contribution < 1.29 is 9.84 Å². The molecule has 1 heterocycles. The number of anilines is 2. The highest BCUT2D eigenvalue weighted by Gasteiger charge is 2.10. The molecule has 1 atom stereocenters. The van der Waals surface area contributed by atoms with Crippen LogP contribution in [0, 0.1) is 0 Å². The predicted octanol–water partition coefficient (Wildman–Crippen LogP) is 1.27. The van der Waals surface area contributed by atoms with Crippen LogP contribution in [0.4, 0.5) is 11.5 Å². The molecule has 0 spiro atoms. The minimum atomic E-state index is -0.686. The summed E-state index contributed by atoms with van der Waals surface area (Å²) in [6.45, 7) is 2.19. The van der Waals surface area contributed by atoms with E-state index in [9.17, 15) is 5.11 Å². The second kappa shape index (κ2) is 5.62. The first kappa shape index (κ1) is 13.2. The number of hydrogen-bond acceptors (Lipinski definition) is 5. The average Bonchev–Trinajstić information content (AvgIpc) is 2.72. The molecule has 0 aliphatic rings. The molecular formula is C13H18N4O2. The van der Waals surface area contributed by atoms with E-state index in [2.05, 4.69) is 10.4 Å². The molecule has 0 saturated carbocycles. The largest absolute Gasteiger partial charge is 0.497 e. The smallest absolute Gasteiger partial charge is 0.150 e. The van der Waals surface area contributed by atoms with E-state index in [1.807, 2.05) is 24.3 Å². The van der Waals surface area contributed by atoms with E-state index in [0.717, 1.165) is 11.3 Å². The number of aliphatic hydroxyl groups is 1. The molecule has 1 unspecified atom stereocenters. The van der Waals surface area contributed by atoms with E-state index in [1.54, 1.807) is 24.9 Å². The van der Waals surface area contributed by atoms with Gasteiger partial charge in [-0.2, -0.15) is 5.10 Å². The van der Waals surface area contributed by atoms with Crippen LogP contribution in [0.1, 0.15) is 12.5 Å². The number of nitrogens with one attached hydrogen (secondary N) is 1. The highest BCUT2D eigenvalue weighted by Crippen LogP contribution is 2.20. The van der Waals surface area contributed by atoms with Crippen molar-refractivity contribution in [1.82, 2.24) is 9.78 Å². The first-order valence-electron chi connectivity index (χ1n) is 5.99. The molecule has 1 aromatic carbocycles. The molecule has 19 heavy (non-hydrogen) atoms. The number of hydrogen-bond donors (Lipinski definition) is 3. The van der Waals surface area contributed by atoms with Crippen LogP contribution in [0.2, 0.25) is 0 Å². The maximum atomic E-state index is 9.38. The van der Waals surface area contributed by atoms with Crippen LogP contribution in [0.3, 0.4) is 0 Å². The van der Waals surface area contributed by atoms with Crippen molar-refractivity contribution >= 4 is 11.5 Å². The van der Waals surface area contributed by atoms with Gasteiger partial charge in [0.25, 0.3) is 0 Å². The Labute approximate surface area is 111 Å². The monoisotopic (exact) mass is 262 g/mol. The van der Waals surface area contributed by atoms with E-state index in [1.165, 1.54) is 0 Å². The summed E-state index contributed by atoms with van der Waals surface area (Å²) in [5.74, 6) is 1.43. The van der Waals surface area contributed by atoms with Crippen LogP contribution in [-0.4, -0.2) is 28.2 Å². The Kier molecular flexibility index (Phi) is 3.91. The molecule has 6 nitrogen and oxygen atoms in total. The Morgan fingerprint density at radius 2 is 2.11 bits per heavy atom. The van der Waals surface area contributed by atoms with Crippen LogP contribution in [-0.2, 0) is 6.54 Å². The standard InChI is InChI=1S/C13H18N4O2/c1-9(18)16-13-12(14)7-15-17(13)8-10-3-5-11(19-2)6-4-10/h3-7,9,16,18H,8,14H2,1-2H3. The van der Waals surface area contributed by atoms with E-state index in [0.29, 0.717) is 18.1 Å². The van der Waals surface area contributed by atoms with Crippen molar-refractivity contribution in [2.24, 2.45) is 0 Å². The van der Waals surface area contributed by atoms with Crippen molar-refractivity contribution in [3.8, 4) is 5.75 Å². The van der Waals surface area contributed by atoms with Gasteiger partial charge in [-0.3, -0.25) is 0 Å². The molecule has 0 aliphatic carbocycles. The van der Waals surface area contributed by atoms with Crippen LogP contribution >= 0.6 is 0 Å². The molecule has 4 N–H and O–H groups in total. The summed E-state index contributed by atoms with van der Waals surface area (Å²) in [5.41, 5.74) is 7.39. The Balaban J connectivity index is 2.18. The second-order valence-electron chi connectivity index (χ2n) is 4.27. The molecule has 6 heteroatoms. The highest BCUT2D eigenvalue weighted by molar-refractivity contribution is 5.61. The third-order valence-electron chi connectivity index (χ3n) is 2.70. The van der Waals surface area contributed by atoms with Gasteiger partial charge >= 0.3 is 0 Å². The van der Waals surface area contributed by atoms with Gasteiger partial charge < -0.3 is 20.9 Å². The SMILES string of the molecule is COc1ccc(Cn2ncc(N)c2NC(C)O)cc1. The molecule has 0 bridgehead atoms. The van der Waals surface area contributed by atoms with Crippen LogP contribution in [0.25, 0.3) is 0 Å². The van der Waals surface area contributed by atoms with Crippen molar-refractivity contribution in [3.63, 3.8) is 0 Å². The second-order valence-corrected chi connectivity index (χ2v) is 4.27. The third kappa shape index (κ3) is 3.17. The fraction of sp³-hybridized carbons (Fsp3) is 0.308. The fourth-order valence-corrected chi connectivity index (χ4v) is 1.78. The first-order valence-corrected chi connectivity index (χ1v) is 5.99. The van der Waals surface area contributed by atoms with Gasteiger partial charge in [-0.25, -0.2) is 4.68 Å². The Morgan fingerprint density at radius 1 is 1.42 bits per heavy atom. The molecule has 0 amide bonds. The minimum absolute atomic E-state index is 0.509. The molecule has 2 aromatic rings. The normalized spacial score (nSPS) is 12.2. The number of benzene rings is 1. The number of nitrogens with two attached hydrogens (primary N) is 1. The zero-order valence-corrected chi connectivity index (χ0v) is 11.0. The van der Waals surface area contributed by atoms with Gasteiger partial charge in [-0.15, -0.1) is 0 Å². The van der Waals surface area contributed by atoms with Crippen molar-refractivity contribution in [2.45, 2.75) is 19.7 Å². The lowest BCUT2D eigenvalue weighted by Crippen LogP contribution is -2.18. The summed E-state index contributed by atoms with van der Waals surface area (Å²) >= 11 is 0. The quantitative estimate of drug-likeness (QED) is 0.707. The number of ether oxygens (including phenoxy) is 1. The molecule has 2 rings (SSSR count). The fourth-order valence-electron chi connectivity index (χ4n) is 1.78. The van der Waals surface area contributed by atoms with E-state index in [4.69, 9.17) is 10.5 Å². The Morgan fingerprint density at radius 3 is 2.68 bits per heavy atom. The van der Waals surface area contributed by atoms with Crippen LogP contribution in [0.15, 0.2) is 30.5 Å². The maximum absolute atomic E-state index is 9.38. The van der Waals surface area contributed by atoms with E-state index < -0.39 is 6.23 Å². The molecular weight excluding hydrogens is 244 g/mol. The molecule has 1 aromatic heterocycles. The average molecular weight is 262 g/mol. The summed E-state index contributed by atoms with van der Waals surface area (Å²) in [4.78, 5) is 0. The summed E-state index contributed by atoms with van der Waals surface area (Å²) < 4.78 is 6.82. The van der Waals surface area contributed by atoms with Crippen LogP contribution < -0.4 is 15.8 Å². The minimum Gasteiger partial charge on any atom is -0.497 e. The van der Waals surface area contributed by atoms with Crippen molar-refractivity contribution in [3.05, 3.63) is 36.0 Å². The summed E-state index contributed by atoms with van der Waals surface area (Å²) in [7, 11) is 1.63.